The van der Waals surface area contributed by atoms with Crippen LogP contribution in [-0.4, -0.2) is 21.6 Å². The van der Waals surface area contributed by atoms with Crippen molar-refractivity contribution in [1.82, 2.24) is 15.3 Å². The normalized spacial score (nSPS) is 12.3. The molecule has 1 atom stereocenters. The molecular formula is C19H20ClN3OS2. The van der Waals surface area contributed by atoms with E-state index < -0.39 is 0 Å². The Kier molecular flexibility index (Phi) is 5.85. The molecule has 26 heavy (non-hydrogen) atoms. The topological polar surface area (TPSA) is 54.9 Å². The second kappa shape index (κ2) is 7.94. The summed E-state index contributed by atoms with van der Waals surface area (Å²) in [5, 5.41) is 5.63. The average molecular weight is 406 g/mol. The zero-order valence-corrected chi connectivity index (χ0v) is 17.5. The Labute approximate surface area is 166 Å². The van der Waals surface area contributed by atoms with Gasteiger partial charge in [-0.3, -0.25) is 4.79 Å². The van der Waals surface area contributed by atoms with Gasteiger partial charge >= 0.3 is 0 Å². The van der Waals surface area contributed by atoms with Crippen LogP contribution < -0.4 is 5.32 Å². The first-order valence-electron chi connectivity index (χ1n) is 8.27. The highest BCUT2D eigenvalue weighted by Crippen LogP contribution is 2.35. The summed E-state index contributed by atoms with van der Waals surface area (Å²) in [6.07, 6.45) is 0. The summed E-state index contributed by atoms with van der Waals surface area (Å²) < 4.78 is 0. The van der Waals surface area contributed by atoms with Crippen molar-refractivity contribution in [2.75, 3.05) is 5.75 Å². The van der Waals surface area contributed by atoms with Gasteiger partial charge in [-0.05, 0) is 51.0 Å². The van der Waals surface area contributed by atoms with Gasteiger partial charge in [0.2, 0.25) is 5.91 Å². The molecule has 2 heterocycles. The quantitative estimate of drug-likeness (QED) is 0.465. The summed E-state index contributed by atoms with van der Waals surface area (Å²) in [6.45, 7) is 8.01. The first kappa shape index (κ1) is 19.1. The number of thioether (sulfide) groups is 1. The maximum absolute atomic E-state index is 12.4. The summed E-state index contributed by atoms with van der Waals surface area (Å²) in [7, 11) is 0. The maximum atomic E-state index is 12.4. The molecule has 1 amide bonds. The number of carbonyl (C=O) groups is 1. The van der Waals surface area contributed by atoms with Crippen LogP contribution >= 0.6 is 34.7 Å². The fourth-order valence-electron chi connectivity index (χ4n) is 2.70. The van der Waals surface area contributed by atoms with Gasteiger partial charge in [-0.2, -0.15) is 0 Å². The van der Waals surface area contributed by atoms with Crippen LogP contribution in [0.3, 0.4) is 0 Å². The molecule has 3 rings (SSSR count). The Morgan fingerprint density at radius 1 is 1.31 bits per heavy atom. The van der Waals surface area contributed by atoms with Gasteiger partial charge in [0.15, 0.2) is 0 Å². The lowest BCUT2D eigenvalue weighted by Gasteiger charge is -2.14. The number of fused-ring (bicyclic) bond motifs is 1. The number of hydrogen-bond donors (Lipinski definition) is 1. The number of amides is 1. The Bertz CT molecular complexity index is 971. The Balaban J connectivity index is 1.71. The standard InChI is InChI=1S/C19H20ClN3OS2/c1-10-12(3)26-19-17(10)18(22-13(4)23-19)25-9-16(24)21-11(2)14-6-5-7-15(20)8-14/h5-8,11H,9H2,1-4H3,(H,21,24). The second-order valence-electron chi connectivity index (χ2n) is 6.17. The monoisotopic (exact) mass is 405 g/mol. The number of nitrogens with one attached hydrogen (secondary N) is 1. The van der Waals surface area contributed by atoms with Crippen LogP contribution in [0.1, 0.15) is 34.8 Å². The SMILES string of the molecule is Cc1nc(SCC(=O)NC(C)c2cccc(Cl)c2)c2c(C)c(C)sc2n1. The molecule has 0 saturated heterocycles. The van der Waals surface area contributed by atoms with E-state index >= 15 is 0 Å². The van der Waals surface area contributed by atoms with Crippen LogP contribution in [0.2, 0.25) is 5.02 Å². The molecule has 1 N–H and O–H groups in total. The van der Waals surface area contributed by atoms with Crippen molar-refractivity contribution in [2.24, 2.45) is 0 Å². The molecule has 0 fully saturated rings. The van der Waals surface area contributed by atoms with Crippen LogP contribution in [0, 0.1) is 20.8 Å². The maximum Gasteiger partial charge on any atom is 0.230 e. The predicted molar refractivity (Wildman–Crippen MR) is 110 cm³/mol. The van der Waals surface area contributed by atoms with E-state index in [1.165, 1.54) is 22.2 Å². The number of benzene rings is 1. The van der Waals surface area contributed by atoms with Gasteiger partial charge < -0.3 is 5.32 Å². The number of aromatic nitrogens is 2. The van der Waals surface area contributed by atoms with Gasteiger partial charge in [0.05, 0.1) is 11.8 Å². The summed E-state index contributed by atoms with van der Waals surface area (Å²) in [4.78, 5) is 23.7. The number of rotatable bonds is 5. The van der Waals surface area contributed by atoms with Crippen molar-refractivity contribution in [2.45, 2.75) is 38.8 Å². The fraction of sp³-hybridized carbons (Fsp3) is 0.316. The Morgan fingerprint density at radius 3 is 2.81 bits per heavy atom. The third kappa shape index (κ3) is 4.19. The molecule has 0 aliphatic carbocycles. The minimum Gasteiger partial charge on any atom is -0.349 e. The molecule has 0 radical (unpaired) electrons. The number of aryl methyl sites for hydroxylation is 3. The van der Waals surface area contributed by atoms with Gasteiger partial charge in [0.25, 0.3) is 0 Å². The van der Waals surface area contributed by atoms with Gasteiger partial charge in [-0.25, -0.2) is 9.97 Å². The van der Waals surface area contributed by atoms with Crippen LogP contribution in [0.5, 0.6) is 0 Å². The zero-order chi connectivity index (χ0) is 18.8. The largest absolute Gasteiger partial charge is 0.349 e. The lowest BCUT2D eigenvalue weighted by Crippen LogP contribution is -2.28. The number of carbonyl (C=O) groups excluding carboxylic acids is 1. The molecule has 1 aromatic carbocycles. The predicted octanol–water partition coefficient (Wildman–Crippen LogP) is 5.24. The lowest BCUT2D eigenvalue weighted by molar-refractivity contribution is -0.119. The average Bonchev–Trinajstić information content (AvgIpc) is 2.86. The van der Waals surface area contributed by atoms with Crippen molar-refractivity contribution >= 4 is 50.8 Å². The highest BCUT2D eigenvalue weighted by molar-refractivity contribution is 8.00. The Hall–Kier alpha value is -1.63. The van der Waals surface area contributed by atoms with Crippen molar-refractivity contribution in [3.8, 4) is 0 Å². The summed E-state index contributed by atoms with van der Waals surface area (Å²) in [5.74, 6) is 1.01. The lowest BCUT2D eigenvalue weighted by atomic mass is 10.1. The van der Waals surface area contributed by atoms with Gasteiger partial charge in [-0.15, -0.1) is 11.3 Å². The van der Waals surface area contributed by atoms with E-state index in [0.717, 1.165) is 26.6 Å². The molecule has 0 saturated carbocycles. The van der Waals surface area contributed by atoms with Crippen LogP contribution in [-0.2, 0) is 4.79 Å². The van der Waals surface area contributed by atoms with E-state index in [0.29, 0.717) is 10.8 Å². The fourth-order valence-corrected chi connectivity index (χ4v) is 4.98. The molecule has 136 valence electrons. The highest BCUT2D eigenvalue weighted by atomic mass is 35.5. The smallest absolute Gasteiger partial charge is 0.230 e. The first-order chi connectivity index (χ1) is 12.3. The summed E-state index contributed by atoms with van der Waals surface area (Å²) >= 11 is 9.15. The zero-order valence-electron chi connectivity index (χ0n) is 15.1. The van der Waals surface area contributed by atoms with Crippen molar-refractivity contribution in [1.29, 1.82) is 0 Å². The van der Waals surface area contributed by atoms with E-state index in [9.17, 15) is 4.79 Å². The van der Waals surface area contributed by atoms with Crippen molar-refractivity contribution in [3.05, 3.63) is 51.1 Å². The molecule has 0 spiro atoms. The van der Waals surface area contributed by atoms with Crippen molar-refractivity contribution in [3.63, 3.8) is 0 Å². The van der Waals surface area contributed by atoms with Gasteiger partial charge in [-0.1, -0.05) is 35.5 Å². The van der Waals surface area contributed by atoms with Crippen molar-refractivity contribution < 1.29 is 4.79 Å². The summed E-state index contributed by atoms with van der Waals surface area (Å²) in [6, 6.07) is 7.44. The molecule has 7 heteroatoms. The van der Waals surface area contributed by atoms with Crippen LogP contribution in [0.25, 0.3) is 10.2 Å². The summed E-state index contributed by atoms with van der Waals surface area (Å²) in [5.41, 5.74) is 2.18. The van der Waals surface area contributed by atoms with E-state index in [2.05, 4.69) is 29.1 Å². The third-order valence-electron chi connectivity index (χ3n) is 4.17. The van der Waals surface area contributed by atoms with E-state index in [1.54, 1.807) is 11.3 Å². The molecular weight excluding hydrogens is 386 g/mol. The highest BCUT2D eigenvalue weighted by Gasteiger charge is 2.16. The Morgan fingerprint density at radius 2 is 2.08 bits per heavy atom. The second-order valence-corrected chi connectivity index (χ2v) is 8.78. The first-order valence-corrected chi connectivity index (χ1v) is 10.4. The molecule has 0 aliphatic rings. The molecule has 2 aromatic heterocycles. The minimum atomic E-state index is -0.0981. The third-order valence-corrected chi connectivity index (χ3v) is 6.49. The number of halogens is 1. The molecule has 0 bridgehead atoms. The molecule has 1 unspecified atom stereocenters. The van der Waals surface area contributed by atoms with E-state index in [-0.39, 0.29) is 11.9 Å². The number of hydrogen-bond acceptors (Lipinski definition) is 5. The van der Waals surface area contributed by atoms with Gasteiger partial charge in [0, 0.05) is 15.3 Å². The van der Waals surface area contributed by atoms with Gasteiger partial charge in [0.1, 0.15) is 15.7 Å². The van der Waals surface area contributed by atoms with Crippen LogP contribution in [0.15, 0.2) is 29.3 Å². The van der Waals surface area contributed by atoms with E-state index in [4.69, 9.17) is 11.6 Å². The number of thiophene rings is 1. The molecule has 3 aromatic rings. The minimum absolute atomic E-state index is 0.0310. The number of nitrogens with zero attached hydrogens (tertiary/aromatic N) is 2. The van der Waals surface area contributed by atoms with Crippen LogP contribution in [0.4, 0.5) is 0 Å². The van der Waals surface area contributed by atoms with E-state index in [1.807, 2.05) is 38.1 Å². The molecule has 4 nitrogen and oxygen atoms in total. The molecule has 0 aliphatic heterocycles.